The van der Waals surface area contributed by atoms with Gasteiger partial charge in [-0.3, -0.25) is 9.69 Å². The summed E-state index contributed by atoms with van der Waals surface area (Å²) in [5.41, 5.74) is 0.410. The number of benzene rings is 2. The van der Waals surface area contributed by atoms with Gasteiger partial charge in [-0.25, -0.2) is 4.79 Å². The summed E-state index contributed by atoms with van der Waals surface area (Å²) < 4.78 is 11.9. The number of phenolic OH excluding ortho intramolecular Hbond substituents is 1. The molecule has 0 saturated heterocycles. The van der Waals surface area contributed by atoms with Crippen LogP contribution in [-0.2, 0) is 15.1 Å². The van der Waals surface area contributed by atoms with Gasteiger partial charge in [-0.15, -0.1) is 0 Å². The van der Waals surface area contributed by atoms with E-state index in [1.165, 1.54) is 12.1 Å². The fraction of sp³-hybridized carbons (Fsp3) is 0.517. The van der Waals surface area contributed by atoms with E-state index in [0.29, 0.717) is 42.8 Å². The molecule has 206 valence electrons. The monoisotopic (exact) mass is 525 g/mol. The number of anilines is 2. The Kier molecular flexibility index (Phi) is 7.38. The molecule has 38 heavy (non-hydrogen) atoms. The lowest BCUT2D eigenvalue weighted by Gasteiger charge is -2.42. The maximum Gasteiger partial charge on any atom is 0.415 e. The first-order valence-corrected chi connectivity index (χ1v) is 13.2. The summed E-state index contributed by atoms with van der Waals surface area (Å²) in [6.07, 6.45) is 0.627. The second-order valence-corrected chi connectivity index (χ2v) is 11.2. The predicted octanol–water partition coefficient (Wildman–Crippen LogP) is 4.97. The Labute approximate surface area is 224 Å². The molecular weight excluding hydrogens is 486 g/mol. The first-order valence-electron chi connectivity index (χ1n) is 13.2. The number of nitrogens with one attached hydrogen (secondary N) is 2. The normalized spacial score (nSPS) is 18.6. The average Bonchev–Trinajstić information content (AvgIpc) is 2.87. The van der Waals surface area contributed by atoms with Crippen LogP contribution in [0.25, 0.3) is 0 Å². The van der Waals surface area contributed by atoms with Gasteiger partial charge in [0.05, 0.1) is 17.5 Å². The van der Waals surface area contributed by atoms with Crippen LogP contribution in [0.5, 0.6) is 11.5 Å². The van der Waals surface area contributed by atoms with Gasteiger partial charge in [-0.2, -0.15) is 0 Å². The zero-order valence-corrected chi connectivity index (χ0v) is 23.1. The van der Waals surface area contributed by atoms with E-state index in [2.05, 4.69) is 10.6 Å². The Morgan fingerprint density at radius 2 is 1.79 bits per heavy atom. The third kappa shape index (κ3) is 5.17. The second-order valence-electron chi connectivity index (χ2n) is 11.2. The summed E-state index contributed by atoms with van der Waals surface area (Å²) >= 11 is 0. The van der Waals surface area contributed by atoms with Crippen molar-refractivity contribution >= 4 is 23.4 Å². The summed E-state index contributed by atoms with van der Waals surface area (Å²) in [6.45, 7) is 11.9. The number of nitrogens with zero attached hydrogens (tertiary/aromatic N) is 1. The van der Waals surface area contributed by atoms with E-state index in [4.69, 9.17) is 9.47 Å². The molecule has 9 heteroatoms. The molecule has 0 aromatic heterocycles. The highest BCUT2D eigenvalue weighted by Gasteiger charge is 2.43. The number of aliphatic hydroxyl groups is 1. The number of rotatable bonds is 9. The molecule has 9 nitrogen and oxygen atoms in total. The molecule has 0 saturated carbocycles. The predicted molar refractivity (Wildman–Crippen MR) is 146 cm³/mol. The minimum Gasteiger partial charge on any atom is -0.508 e. The Bertz CT molecular complexity index is 1220. The van der Waals surface area contributed by atoms with Crippen molar-refractivity contribution in [3.63, 3.8) is 0 Å². The number of aromatic hydroxyl groups is 1. The fourth-order valence-corrected chi connectivity index (χ4v) is 5.08. The minimum atomic E-state index is -1.11. The highest BCUT2D eigenvalue weighted by atomic mass is 16.6. The number of cyclic esters (lactones) is 1. The summed E-state index contributed by atoms with van der Waals surface area (Å²) in [5, 5.41) is 27.3. The molecule has 0 spiro atoms. The van der Waals surface area contributed by atoms with E-state index >= 15 is 0 Å². The van der Waals surface area contributed by atoms with Crippen molar-refractivity contribution in [1.29, 1.82) is 0 Å². The van der Waals surface area contributed by atoms with Crippen LogP contribution in [0.3, 0.4) is 0 Å². The van der Waals surface area contributed by atoms with Gasteiger partial charge < -0.3 is 30.3 Å². The van der Waals surface area contributed by atoms with Gasteiger partial charge in [0, 0.05) is 35.8 Å². The van der Waals surface area contributed by atoms with Gasteiger partial charge in [0.1, 0.15) is 11.4 Å². The smallest absolute Gasteiger partial charge is 0.415 e. The summed E-state index contributed by atoms with van der Waals surface area (Å²) in [6, 6.07) is 10.7. The fourth-order valence-electron chi connectivity index (χ4n) is 5.08. The van der Waals surface area contributed by atoms with E-state index in [-0.39, 0.29) is 24.3 Å². The maximum atomic E-state index is 13.1. The standard InChI is InChI=1S/C29H39N3O6/c1-7-29(8-2)20-11-9-10-12-22(20)32(26(36)38-29)14-13-27(3,4)30-17-23(34)19-15-18(33)16-21-24(19)37-28(5,6)25(35)31-21/h9-12,15-16,23,30,33-34H,7-8,13-14,17H2,1-6H3,(H,31,35). The molecule has 0 radical (unpaired) electrons. The number of β-amino-alcohol motifs (C(OH)–C–C–N with tert-alkyl or cyclic N) is 1. The van der Waals surface area contributed by atoms with E-state index in [1.807, 2.05) is 52.0 Å². The van der Waals surface area contributed by atoms with Crippen LogP contribution >= 0.6 is 0 Å². The first-order chi connectivity index (χ1) is 17.8. The Balaban J connectivity index is 1.46. The van der Waals surface area contributed by atoms with E-state index in [0.717, 1.165) is 11.3 Å². The van der Waals surface area contributed by atoms with Crippen LogP contribution in [0.2, 0.25) is 0 Å². The van der Waals surface area contributed by atoms with Crippen molar-refractivity contribution in [2.75, 3.05) is 23.3 Å². The van der Waals surface area contributed by atoms with Crippen LogP contribution in [0.1, 0.15) is 78.0 Å². The number of aliphatic hydroxyl groups excluding tert-OH is 1. The van der Waals surface area contributed by atoms with Crippen molar-refractivity contribution in [2.45, 2.75) is 83.6 Å². The molecule has 0 aliphatic carbocycles. The van der Waals surface area contributed by atoms with Crippen LogP contribution in [0, 0.1) is 0 Å². The number of ether oxygens (including phenoxy) is 2. The van der Waals surface area contributed by atoms with Crippen LogP contribution in [0.15, 0.2) is 36.4 Å². The molecule has 2 heterocycles. The number of phenols is 1. The number of carbonyl (C=O) groups is 2. The lowest BCUT2D eigenvalue weighted by Crippen LogP contribution is -2.49. The lowest BCUT2D eigenvalue weighted by molar-refractivity contribution is -0.129. The number of hydrogen-bond acceptors (Lipinski definition) is 7. The van der Waals surface area contributed by atoms with Crippen molar-refractivity contribution < 1.29 is 29.3 Å². The van der Waals surface area contributed by atoms with Gasteiger partial charge in [0.15, 0.2) is 11.4 Å². The topological polar surface area (TPSA) is 120 Å². The molecule has 2 aromatic rings. The average molecular weight is 526 g/mol. The first kappa shape index (κ1) is 27.7. The lowest BCUT2D eigenvalue weighted by atomic mass is 9.85. The molecule has 1 atom stereocenters. The molecule has 4 N–H and O–H groups in total. The van der Waals surface area contributed by atoms with Crippen molar-refractivity contribution in [2.24, 2.45) is 0 Å². The minimum absolute atomic E-state index is 0.0850. The third-order valence-electron chi connectivity index (χ3n) is 7.68. The quantitative estimate of drug-likeness (QED) is 0.365. The SMILES string of the molecule is CCC1(CC)OC(=O)N(CCC(C)(C)NCC(O)c2cc(O)cc3c2OC(C)(C)C(=O)N3)c2ccccc21. The summed E-state index contributed by atoms with van der Waals surface area (Å²) in [5.74, 6) is -0.0797. The van der Waals surface area contributed by atoms with Gasteiger partial charge in [-0.1, -0.05) is 32.0 Å². The van der Waals surface area contributed by atoms with Crippen LogP contribution in [-0.4, -0.2) is 46.4 Å². The molecule has 0 bridgehead atoms. The molecular formula is C29H39N3O6. The van der Waals surface area contributed by atoms with Gasteiger partial charge in [-0.05, 0) is 59.1 Å². The third-order valence-corrected chi connectivity index (χ3v) is 7.68. The summed E-state index contributed by atoms with van der Waals surface area (Å²) in [4.78, 5) is 27.0. The van der Waals surface area contributed by atoms with E-state index in [9.17, 15) is 19.8 Å². The maximum absolute atomic E-state index is 13.1. The number of fused-ring (bicyclic) bond motifs is 2. The zero-order chi connectivity index (χ0) is 27.9. The van der Waals surface area contributed by atoms with E-state index in [1.54, 1.807) is 18.7 Å². The van der Waals surface area contributed by atoms with Gasteiger partial charge in [0.25, 0.3) is 5.91 Å². The molecule has 2 aliphatic heterocycles. The second kappa shape index (κ2) is 10.1. The van der Waals surface area contributed by atoms with Gasteiger partial charge in [0.2, 0.25) is 0 Å². The van der Waals surface area contributed by atoms with Crippen LogP contribution < -0.4 is 20.3 Å². The van der Waals surface area contributed by atoms with Crippen molar-refractivity contribution in [1.82, 2.24) is 5.32 Å². The van der Waals surface area contributed by atoms with E-state index < -0.39 is 22.8 Å². The highest BCUT2D eigenvalue weighted by molar-refractivity contribution is 6.00. The van der Waals surface area contributed by atoms with Crippen molar-refractivity contribution in [3.05, 3.63) is 47.5 Å². The number of carbonyl (C=O) groups excluding carboxylic acids is 2. The van der Waals surface area contributed by atoms with Gasteiger partial charge >= 0.3 is 6.09 Å². The number of para-hydroxylation sites is 1. The molecule has 2 amide bonds. The summed E-state index contributed by atoms with van der Waals surface area (Å²) in [7, 11) is 0. The van der Waals surface area contributed by atoms with Crippen molar-refractivity contribution in [3.8, 4) is 11.5 Å². The molecule has 0 fully saturated rings. The number of hydrogen-bond donors (Lipinski definition) is 4. The highest BCUT2D eigenvalue weighted by Crippen LogP contribution is 2.44. The molecule has 4 rings (SSSR count). The number of amides is 2. The Morgan fingerprint density at radius 3 is 2.47 bits per heavy atom. The Hall–Kier alpha value is -3.30. The Morgan fingerprint density at radius 1 is 1.11 bits per heavy atom. The largest absolute Gasteiger partial charge is 0.508 e. The molecule has 1 unspecified atom stereocenters. The molecule has 2 aromatic carbocycles. The molecule has 2 aliphatic rings. The van der Waals surface area contributed by atoms with Crippen LogP contribution in [0.4, 0.5) is 16.2 Å². The zero-order valence-electron chi connectivity index (χ0n) is 23.1.